The zero-order valence-corrected chi connectivity index (χ0v) is 18.3. The van der Waals surface area contributed by atoms with Crippen LogP contribution in [0.25, 0.3) is 0 Å². The molecule has 0 N–H and O–H groups in total. The molecule has 1 aliphatic heterocycles. The third-order valence-corrected chi connectivity index (χ3v) is 6.54. The summed E-state index contributed by atoms with van der Waals surface area (Å²) in [6, 6.07) is 11.4. The summed E-state index contributed by atoms with van der Waals surface area (Å²) >= 11 is 0. The third kappa shape index (κ3) is 5.06. The molecule has 2 heterocycles. The van der Waals surface area contributed by atoms with Crippen LogP contribution in [0.3, 0.4) is 0 Å². The van der Waals surface area contributed by atoms with Gasteiger partial charge in [-0.15, -0.1) is 0 Å². The number of carbonyl (C=O) groups excluding carboxylic acids is 2. The molecule has 1 aromatic carbocycles. The zero-order chi connectivity index (χ0) is 21.8. The third-order valence-electron chi connectivity index (χ3n) is 6.54. The molecule has 0 bridgehead atoms. The van der Waals surface area contributed by atoms with E-state index in [-0.39, 0.29) is 22.9 Å². The first-order valence-electron chi connectivity index (χ1n) is 11.3. The number of aryl methyl sites for hydroxylation is 1. The highest BCUT2D eigenvalue weighted by Crippen LogP contribution is 2.28. The van der Waals surface area contributed by atoms with Gasteiger partial charge in [0.2, 0.25) is 5.91 Å². The number of pyridine rings is 1. The molecule has 1 aromatic heterocycles. The van der Waals surface area contributed by atoms with Crippen molar-refractivity contribution in [3.8, 4) is 0 Å². The van der Waals surface area contributed by atoms with E-state index in [9.17, 15) is 14.4 Å². The van der Waals surface area contributed by atoms with Crippen LogP contribution >= 0.6 is 0 Å². The van der Waals surface area contributed by atoms with E-state index in [1.54, 1.807) is 27.8 Å². The first-order valence-corrected chi connectivity index (χ1v) is 11.3. The van der Waals surface area contributed by atoms with Gasteiger partial charge in [0.25, 0.3) is 11.5 Å². The van der Waals surface area contributed by atoms with Crippen molar-refractivity contribution in [1.29, 1.82) is 0 Å². The summed E-state index contributed by atoms with van der Waals surface area (Å²) in [5.41, 5.74) is 2.09. The van der Waals surface area contributed by atoms with Gasteiger partial charge >= 0.3 is 0 Å². The maximum absolute atomic E-state index is 13.0. The maximum atomic E-state index is 13.0. The van der Waals surface area contributed by atoms with Gasteiger partial charge in [0.15, 0.2) is 0 Å². The highest BCUT2D eigenvalue weighted by molar-refractivity contribution is 5.94. The predicted molar refractivity (Wildman–Crippen MR) is 120 cm³/mol. The van der Waals surface area contributed by atoms with Crippen molar-refractivity contribution in [3.63, 3.8) is 0 Å². The Morgan fingerprint density at radius 1 is 0.968 bits per heavy atom. The highest BCUT2D eigenvalue weighted by Gasteiger charge is 2.28. The lowest BCUT2D eigenvalue weighted by Crippen LogP contribution is -2.51. The molecule has 1 saturated heterocycles. The van der Waals surface area contributed by atoms with Crippen LogP contribution in [0, 0.1) is 12.8 Å². The Balaban J connectivity index is 1.38. The van der Waals surface area contributed by atoms with Gasteiger partial charge < -0.3 is 14.4 Å². The molecule has 0 spiro atoms. The standard InChI is InChI=1S/C25H31N3O3/c1-19-6-4-9-21(16-19)18-28-11-5-10-22(25(28)31)24(30)27-14-12-26(13-15-27)23(29)17-20-7-2-3-8-20/h4-6,9-11,16,20H,2-3,7-8,12-15,17-18H2,1H3. The predicted octanol–water partition coefficient (Wildman–Crippen LogP) is 3.07. The van der Waals surface area contributed by atoms with Crippen LogP contribution in [0.2, 0.25) is 0 Å². The molecule has 6 nitrogen and oxygen atoms in total. The molecule has 2 aliphatic rings. The average molecular weight is 422 g/mol. The van der Waals surface area contributed by atoms with Gasteiger partial charge in [-0.1, -0.05) is 42.7 Å². The monoisotopic (exact) mass is 421 g/mol. The van der Waals surface area contributed by atoms with Gasteiger partial charge in [-0.3, -0.25) is 14.4 Å². The number of rotatable bonds is 5. The van der Waals surface area contributed by atoms with E-state index in [2.05, 4.69) is 0 Å². The van der Waals surface area contributed by atoms with Crippen molar-refractivity contribution < 1.29 is 9.59 Å². The maximum Gasteiger partial charge on any atom is 0.263 e. The van der Waals surface area contributed by atoms with E-state index in [1.807, 2.05) is 36.1 Å². The van der Waals surface area contributed by atoms with E-state index in [1.165, 1.54) is 12.8 Å². The smallest absolute Gasteiger partial charge is 0.263 e. The lowest BCUT2D eigenvalue weighted by Gasteiger charge is -2.35. The van der Waals surface area contributed by atoms with Crippen molar-refractivity contribution in [1.82, 2.24) is 14.4 Å². The van der Waals surface area contributed by atoms with Crippen molar-refractivity contribution in [3.05, 3.63) is 69.6 Å². The molecule has 0 unspecified atom stereocenters. The minimum atomic E-state index is -0.270. The minimum Gasteiger partial charge on any atom is -0.339 e. The summed E-state index contributed by atoms with van der Waals surface area (Å²) < 4.78 is 1.59. The average Bonchev–Trinajstić information content (AvgIpc) is 3.28. The lowest BCUT2D eigenvalue weighted by molar-refractivity contribution is -0.133. The van der Waals surface area contributed by atoms with Gasteiger partial charge in [-0.2, -0.15) is 0 Å². The van der Waals surface area contributed by atoms with E-state index in [4.69, 9.17) is 0 Å². The van der Waals surface area contributed by atoms with Crippen LogP contribution in [0.5, 0.6) is 0 Å². The van der Waals surface area contributed by atoms with Gasteiger partial charge in [-0.25, -0.2) is 0 Å². The Labute approximate surface area is 183 Å². The van der Waals surface area contributed by atoms with Gasteiger partial charge in [-0.05, 0) is 43.4 Å². The number of nitrogens with zero attached hydrogens (tertiary/aromatic N) is 3. The van der Waals surface area contributed by atoms with Crippen LogP contribution in [0.4, 0.5) is 0 Å². The fraction of sp³-hybridized carbons (Fsp3) is 0.480. The van der Waals surface area contributed by atoms with E-state index < -0.39 is 0 Å². The Hall–Kier alpha value is -2.89. The number of piperazine rings is 1. The Morgan fingerprint density at radius 2 is 1.68 bits per heavy atom. The Bertz CT molecular complexity index is 999. The Kier molecular flexibility index (Phi) is 6.54. The van der Waals surface area contributed by atoms with Gasteiger partial charge in [0.1, 0.15) is 5.56 Å². The molecule has 1 aliphatic carbocycles. The highest BCUT2D eigenvalue weighted by atomic mass is 16.2. The quantitative estimate of drug-likeness (QED) is 0.745. The number of amides is 2. The SMILES string of the molecule is Cc1cccc(Cn2cccc(C(=O)N3CCN(C(=O)CC4CCCC4)CC3)c2=O)c1. The second-order valence-electron chi connectivity index (χ2n) is 8.87. The number of hydrogen-bond acceptors (Lipinski definition) is 3. The number of benzene rings is 1. The molecule has 1 saturated carbocycles. The fourth-order valence-corrected chi connectivity index (χ4v) is 4.75. The first-order chi connectivity index (χ1) is 15.0. The van der Waals surface area contributed by atoms with Crippen LogP contribution in [0.1, 0.15) is 53.6 Å². The zero-order valence-electron chi connectivity index (χ0n) is 18.3. The summed E-state index contributed by atoms with van der Waals surface area (Å²) in [7, 11) is 0. The summed E-state index contributed by atoms with van der Waals surface area (Å²) in [6.45, 7) is 4.49. The summed E-state index contributed by atoms with van der Waals surface area (Å²) in [5.74, 6) is 0.494. The number of aromatic nitrogens is 1. The van der Waals surface area contributed by atoms with Crippen molar-refractivity contribution >= 4 is 11.8 Å². The van der Waals surface area contributed by atoms with Crippen LogP contribution < -0.4 is 5.56 Å². The molecule has 2 fully saturated rings. The number of carbonyl (C=O) groups is 2. The Morgan fingerprint density at radius 3 is 2.39 bits per heavy atom. The van der Waals surface area contributed by atoms with Crippen molar-refractivity contribution in [2.24, 2.45) is 5.92 Å². The minimum absolute atomic E-state index is 0.195. The molecule has 6 heteroatoms. The lowest BCUT2D eigenvalue weighted by atomic mass is 10.0. The number of hydrogen-bond donors (Lipinski definition) is 0. The topological polar surface area (TPSA) is 62.6 Å². The molecule has 0 radical (unpaired) electrons. The molecule has 4 rings (SSSR count). The van der Waals surface area contributed by atoms with E-state index in [0.717, 1.165) is 24.0 Å². The normalized spacial score (nSPS) is 17.2. The molecular weight excluding hydrogens is 390 g/mol. The first kappa shape index (κ1) is 21.3. The summed E-state index contributed by atoms with van der Waals surface area (Å²) in [4.78, 5) is 42.1. The molecule has 164 valence electrons. The largest absolute Gasteiger partial charge is 0.339 e. The molecule has 31 heavy (non-hydrogen) atoms. The van der Waals surface area contributed by atoms with Crippen LogP contribution in [-0.4, -0.2) is 52.4 Å². The van der Waals surface area contributed by atoms with Crippen molar-refractivity contribution in [2.45, 2.75) is 45.6 Å². The fourth-order valence-electron chi connectivity index (χ4n) is 4.75. The van der Waals surface area contributed by atoms with E-state index in [0.29, 0.717) is 45.1 Å². The van der Waals surface area contributed by atoms with Gasteiger partial charge in [0, 0.05) is 38.8 Å². The van der Waals surface area contributed by atoms with Gasteiger partial charge in [0.05, 0.1) is 6.54 Å². The summed E-state index contributed by atoms with van der Waals surface area (Å²) in [6.07, 6.45) is 7.15. The second kappa shape index (κ2) is 9.50. The van der Waals surface area contributed by atoms with Crippen molar-refractivity contribution in [2.75, 3.05) is 26.2 Å². The van der Waals surface area contributed by atoms with E-state index >= 15 is 0 Å². The van der Waals surface area contributed by atoms with Crippen LogP contribution in [-0.2, 0) is 11.3 Å². The van der Waals surface area contributed by atoms with Crippen LogP contribution in [0.15, 0.2) is 47.4 Å². The molecule has 0 atom stereocenters. The second-order valence-corrected chi connectivity index (χ2v) is 8.87. The molecule has 2 aromatic rings. The summed E-state index contributed by atoms with van der Waals surface area (Å²) in [5, 5.41) is 0. The molecular formula is C25H31N3O3. The molecule has 2 amide bonds.